The van der Waals surface area contributed by atoms with Gasteiger partial charge in [-0.25, -0.2) is 19.3 Å². The van der Waals surface area contributed by atoms with Crippen molar-refractivity contribution in [1.29, 1.82) is 5.26 Å². The van der Waals surface area contributed by atoms with Crippen LogP contribution in [0.15, 0.2) is 39.9 Å². The summed E-state index contributed by atoms with van der Waals surface area (Å²) in [6.07, 6.45) is 0. The lowest BCUT2D eigenvalue weighted by Gasteiger charge is -2.26. The fraction of sp³-hybridized carbons (Fsp3) is 0.389. The number of hydrogen-bond acceptors (Lipinski definition) is 5. The highest BCUT2D eigenvalue weighted by molar-refractivity contribution is 6.10. The van der Waals surface area contributed by atoms with E-state index in [1.807, 2.05) is 0 Å². The molecule has 0 bridgehead atoms. The van der Waals surface area contributed by atoms with Gasteiger partial charge in [0.2, 0.25) is 0 Å². The van der Waals surface area contributed by atoms with E-state index in [4.69, 9.17) is 0 Å². The predicted octanol–water partition coefficient (Wildman–Crippen LogP) is -0.405. The number of amides is 2. The van der Waals surface area contributed by atoms with Crippen LogP contribution in [0.4, 0.5) is 0 Å². The number of hydrogen-bond donors (Lipinski definition) is 3. The van der Waals surface area contributed by atoms with Crippen LogP contribution in [0.2, 0.25) is 0 Å². The molecule has 0 saturated heterocycles. The second-order valence-electron chi connectivity index (χ2n) is 6.78. The first-order chi connectivity index (χ1) is 13.1. The van der Waals surface area contributed by atoms with E-state index >= 15 is 0 Å². The Labute approximate surface area is 160 Å². The first kappa shape index (κ1) is 20.7. The van der Waals surface area contributed by atoms with Crippen molar-refractivity contribution in [2.45, 2.75) is 45.3 Å². The molecule has 1 aromatic carbocycles. The third-order valence-electron chi connectivity index (χ3n) is 3.80. The monoisotopic (exact) mass is 386 g/mol. The minimum Gasteiger partial charge on any atom is -0.350 e. The SMILES string of the molecule is CC(C)NC(=O)C(C#N)(C(=O)NC(C)C)n1[nH]c(=O)n(-c2ccccc2)c1=O. The van der Waals surface area contributed by atoms with E-state index in [1.54, 1.807) is 52.0 Å². The van der Waals surface area contributed by atoms with Crippen LogP contribution < -0.4 is 22.0 Å². The molecule has 0 saturated carbocycles. The van der Waals surface area contributed by atoms with Crippen molar-refractivity contribution >= 4 is 11.8 Å². The normalized spacial score (nSPS) is 11.3. The summed E-state index contributed by atoms with van der Waals surface area (Å²) in [6, 6.07) is 8.77. The molecule has 10 nitrogen and oxygen atoms in total. The van der Waals surface area contributed by atoms with Gasteiger partial charge in [0, 0.05) is 12.1 Å². The molecule has 1 heterocycles. The molecule has 0 aliphatic rings. The molecule has 0 spiro atoms. The number of rotatable bonds is 6. The quantitative estimate of drug-likeness (QED) is 0.579. The van der Waals surface area contributed by atoms with Gasteiger partial charge < -0.3 is 10.6 Å². The molecular formula is C18H22N6O4. The lowest BCUT2D eigenvalue weighted by Crippen LogP contribution is -2.62. The Morgan fingerprint density at radius 2 is 1.54 bits per heavy atom. The molecule has 2 rings (SSSR count). The lowest BCUT2D eigenvalue weighted by atomic mass is 9.98. The molecule has 1 aromatic heterocycles. The Hall–Kier alpha value is -3.61. The van der Waals surface area contributed by atoms with Crippen LogP contribution in [0.1, 0.15) is 27.7 Å². The van der Waals surface area contributed by atoms with E-state index in [0.29, 0.717) is 4.68 Å². The zero-order valence-electron chi connectivity index (χ0n) is 16.0. The third-order valence-corrected chi connectivity index (χ3v) is 3.80. The summed E-state index contributed by atoms with van der Waals surface area (Å²) in [5.41, 5.74) is -4.29. The van der Waals surface area contributed by atoms with Gasteiger partial charge >= 0.3 is 16.9 Å². The highest BCUT2D eigenvalue weighted by Crippen LogP contribution is 2.15. The van der Waals surface area contributed by atoms with Crippen LogP contribution >= 0.6 is 0 Å². The molecule has 148 valence electrons. The zero-order valence-corrected chi connectivity index (χ0v) is 16.0. The smallest absolute Gasteiger partial charge is 0.350 e. The summed E-state index contributed by atoms with van der Waals surface area (Å²) < 4.78 is 1.22. The number of H-pyrrole nitrogens is 1. The summed E-state index contributed by atoms with van der Waals surface area (Å²) in [5, 5.41) is 16.9. The third kappa shape index (κ3) is 3.59. The van der Waals surface area contributed by atoms with E-state index in [2.05, 4.69) is 15.7 Å². The molecule has 0 atom stereocenters. The average molecular weight is 386 g/mol. The van der Waals surface area contributed by atoms with Gasteiger partial charge in [0.05, 0.1) is 5.69 Å². The second kappa shape index (κ2) is 7.96. The summed E-state index contributed by atoms with van der Waals surface area (Å²) in [4.78, 5) is 51.1. The molecule has 0 aliphatic heterocycles. The Kier molecular flexibility index (Phi) is 5.88. The first-order valence-electron chi connectivity index (χ1n) is 8.68. The van der Waals surface area contributed by atoms with Crippen molar-refractivity contribution in [2.24, 2.45) is 0 Å². The number of carbonyl (C=O) groups is 2. The molecule has 0 radical (unpaired) electrons. The summed E-state index contributed by atoms with van der Waals surface area (Å²) in [7, 11) is 0. The number of aromatic amines is 1. The van der Waals surface area contributed by atoms with Crippen LogP contribution in [0.25, 0.3) is 5.69 Å². The van der Waals surface area contributed by atoms with Gasteiger partial charge in [0.25, 0.3) is 11.8 Å². The van der Waals surface area contributed by atoms with Gasteiger partial charge in [-0.05, 0) is 39.8 Å². The lowest BCUT2D eigenvalue weighted by molar-refractivity contribution is -0.140. The largest absolute Gasteiger partial charge is 0.354 e. The van der Waals surface area contributed by atoms with E-state index in [1.165, 1.54) is 12.1 Å². The predicted molar refractivity (Wildman–Crippen MR) is 101 cm³/mol. The van der Waals surface area contributed by atoms with Crippen molar-refractivity contribution in [3.63, 3.8) is 0 Å². The highest BCUT2D eigenvalue weighted by Gasteiger charge is 2.51. The number of nitrogens with one attached hydrogen (secondary N) is 3. The summed E-state index contributed by atoms with van der Waals surface area (Å²) in [5.74, 6) is -2.04. The van der Waals surface area contributed by atoms with Crippen molar-refractivity contribution in [1.82, 2.24) is 25.0 Å². The molecule has 0 aliphatic carbocycles. The van der Waals surface area contributed by atoms with E-state index in [9.17, 15) is 24.4 Å². The minimum atomic E-state index is -2.62. The van der Waals surface area contributed by atoms with Gasteiger partial charge in [-0.1, -0.05) is 18.2 Å². The number of carbonyl (C=O) groups excluding carboxylic acids is 2. The molecule has 3 N–H and O–H groups in total. The van der Waals surface area contributed by atoms with Gasteiger partial charge in [0.15, 0.2) is 0 Å². The maximum Gasteiger partial charge on any atom is 0.354 e. The van der Waals surface area contributed by atoms with E-state index in [-0.39, 0.29) is 5.69 Å². The van der Waals surface area contributed by atoms with E-state index < -0.39 is 40.8 Å². The standard InChI is InChI=1S/C18H22N6O4/c1-11(2)20-14(25)18(10-19,15(26)21-12(3)4)24-17(28)23(16(27)22-24)13-8-6-5-7-9-13/h5-9,11-12H,1-4H3,(H,20,25)(H,21,26)(H,22,27). The number of nitriles is 1. The minimum absolute atomic E-state index is 0.230. The second-order valence-corrected chi connectivity index (χ2v) is 6.78. The van der Waals surface area contributed by atoms with Crippen LogP contribution in [-0.4, -0.2) is 38.2 Å². The van der Waals surface area contributed by atoms with Crippen molar-refractivity contribution in [2.75, 3.05) is 0 Å². The number of aromatic nitrogens is 3. The summed E-state index contributed by atoms with van der Waals surface area (Å²) >= 11 is 0. The van der Waals surface area contributed by atoms with Gasteiger partial charge in [-0.15, -0.1) is 0 Å². The van der Waals surface area contributed by atoms with Crippen molar-refractivity contribution < 1.29 is 9.59 Å². The molecule has 2 aromatic rings. The van der Waals surface area contributed by atoms with Crippen LogP contribution in [-0.2, 0) is 15.1 Å². The van der Waals surface area contributed by atoms with E-state index in [0.717, 1.165) is 4.57 Å². The Bertz CT molecular complexity index is 1000. The van der Waals surface area contributed by atoms with Crippen LogP contribution in [0.5, 0.6) is 0 Å². The molecular weight excluding hydrogens is 364 g/mol. The molecule has 2 amide bonds. The Morgan fingerprint density at radius 3 is 1.96 bits per heavy atom. The average Bonchev–Trinajstić information content (AvgIpc) is 2.90. The number of benzene rings is 1. The zero-order chi connectivity index (χ0) is 21.1. The summed E-state index contributed by atoms with van der Waals surface area (Å²) in [6.45, 7) is 6.56. The number of para-hydroxylation sites is 1. The Balaban J connectivity index is 2.77. The molecule has 0 unspecified atom stereocenters. The fourth-order valence-electron chi connectivity index (χ4n) is 2.60. The van der Waals surface area contributed by atoms with Crippen LogP contribution in [0, 0.1) is 11.3 Å². The van der Waals surface area contributed by atoms with Gasteiger partial charge in [-0.2, -0.15) is 9.94 Å². The number of nitrogens with zero attached hydrogens (tertiary/aromatic N) is 3. The molecule has 28 heavy (non-hydrogen) atoms. The van der Waals surface area contributed by atoms with Gasteiger partial charge in [-0.3, -0.25) is 9.59 Å². The first-order valence-corrected chi connectivity index (χ1v) is 8.68. The molecule has 10 heteroatoms. The molecule has 0 fully saturated rings. The maximum atomic E-state index is 13.0. The Morgan fingerprint density at radius 1 is 1.04 bits per heavy atom. The van der Waals surface area contributed by atoms with Crippen LogP contribution in [0.3, 0.4) is 0 Å². The van der Waals surface area contributed by atoms with Crippen molar-refractivity contribution in [3.8, 4) is 11.8 Å². The van der Waals surface area contributed by atoms with Gasteiger partial charge in [0.1, 0.15) is 6.07 Å². The van der Waals surface area contributed by atoms with Crippen molar-refractivity contribution in [3.05, 3.63) is 51.3 Å². The fourth-order valence-corrected chi connectivity index (χ4v) is 2.60. The highest BCUT2D eigenvalue weighted by atomic mass is 16.2. The maximum absolute atomic E-state index is 13.0. The topological polar surface area (TPSA) is 142 Å².